The van der Waals surface area contributed by atoms with Crippen molar-refractivity contribution < 1.29 is 9.53 Å². The molecule has 1 aliphatic carbocycles. The molecule has 4 heteroatoms. The normalized spacial score (nSPS) is 16.7. The summed E-state index contributed by atoms with van der Waals surface area (Å²) in [7, 11) is 0. The molecule has 0 unspecified atom stereocenters. The van der Waals surface area contributed by atoms with Gasteiger partial charge in [0, 0.05) is 23.9 Å². The maximum atomic E-state index is 12.7. The van der Waals surface area contributed by atoms with E-state index in [2.05, 4.69) is 22.8 Å². The molecular weight excluding hydrogens is 312 g/mol. The predicted octanol–water partition coefficient (Wildman–Crippen LogP) is 4.71. The summed E-state index contributed by atoms with van der Waals surface area (Å²) >= 11 is 0. The molecule has 2 aromatic carbocycles. The summed E-state index contributed by atoms with van der Waals surface area (Å²) in [6.45, 7) is 3.48. The Hall–Kier alpha value is -2.49. The molecule has 1 saturated carbocycles. The lowest BCUT2D eigenvalue weighted by Crippen LogP contribution is -2.18. The largest absolute Gasteiger partial charge is 0.490 e. The predicted molar refractivity (Wildman–Crippen MR) is 101 cm³/mol. The van der Waals surface area contributed by atoms with E-state index in [-0.39, 0.29) is 5.91 Å². The van der Waals surface area contributed by atoms with Crippen LogP contribution < -0.4 is 15.4 Å². The number of amides is 1. The number of ether oxygens (including phenoxy) is 1. The van der Waals surface area contributed by atoms with Crippen molar-refractivity contribution in [1.29, 1.82) is 0 Å². The fourth-order valence-corrected chi connectivity index (χ4v) is 3.87. The maximum absolute atomic E-state index is 12.7. The number of aryl methyl sites for hydroxylation is 1. The van der Waals surface area contributed by atoms with Crippen LogP contribution in [0.3, 0.4) is 0 Å². The molecule has 1 fully saturated rings. The molecule has 1 aliphatic heterocycles. The minimum Gasteiger partial charge on any atom is -0.490 e. The first-order valence-electron chi connectivity index (χ1n) is 9.13. The Kier molecular flexibility index (Phi) is 4.35. The van der Waals surface area contributed by atoms with Crippen molar-refractivity contribution in [3.05, 3.63) is 53.1 Å². The molecule has 2 N–H and O–H groups in total. The van der Waals surface area contributed by atoms with Gasteiger partial charge < -0.3 is 15.4 Å². The van der Waals surface area contributed by atoms with E-state index in [0.717, 1.165) is 34.8 Å². The van der Waals surface area contributed by atoms with Crippen LogP contribution in [0.5, 0.6) is 5.75 Å². The lowest BCUT2D eigenvalue weighted by atomic mass is 9.94. The molecule has 0 aromatic heterocycles. The van der Waals surface area contributed by atoms with Crippen molar-refractivity contribution in [2.24, 2.45) is 0 Å². The van der Waals surface area contributed by atoms with Crippen molar-refractivity contribution >= 4 is 17.3 Å². The summed E-state index contributed by atoms with van der Waals surface area (Å²) in [5, 5.41) is 6.27. The van der Waals surface area contributed by atoms with Crippen LogP contribution in [0, 0.1) is 6.92 Å². The highest BCUT2D eigenvalue weighted by atomic mass is 16.5. The van der Waals surface area contributed by atoms with E-state index in [1.54, 1.807) is 0 Å². The van der Waals surface area contributed by atoms with Crippen molar-refractivity contribution in [3.8, 4) is 5.75 Å². The Morgan fingerprint density at radius 1 is 1.16 bits per heavy atom. The first-order chi connectivity index (χ1) is 12.2. The zero-order valence-corrected chi connectivity index (χ0v) is 14.6. The summed E-state index contributed by atoms with van der Waals surface area (Å²) in [6, 6.07) is 12.0. The number of hydrogen-bond donors (Lipinski definition) is 2. The van der Waals surface area contributed by atoms with E-state index >= 15 is 0 Å². The molecule has 0 bridgehead atoms. The van der Waals surface area contributed by atoms with E-state index in [9.17, 15) is 4.79 Å². The second-order valence-electron chi connectivity index (χ2n) is 7.00. The zero-order chi connectivity index (χ0) is 17.2. The molecule has 4 rings (SSSR count). The zero-order valence-electron chi connectivity index (χ0n) is 14.6. The van der Waals surface area contributed by atoms with Gasteiger partial charge in [-0.2, -0.15) is 0 Å². The summed E-state index contributed by atoms with van der Waals surface area (Å²) in [5.74, 6) is 1.39. The summed E-state index contributed by atoms with van der Waals surface area (Å²) in [5.41, 5.74) is 4.88. The highest BCUT2D eigenvalue weighted by Crippen LogP contribution is 2.35. The Morgan fingerprint density at radius 2 is 2.00 bits per heavy atom. The molecule has 0 spiro atoms. The van der Waals surface area contributed by atoms with Gasteiger partial charge in [0.2, 0.25) is 0 Å². The molecule has 1 heterocycles. The Balaban J connectivity index is 1.51. The van der Waals surface area contributed by atoms with Crippen LogP contribution in [0.1, 0.15) is 53.1 Å². The summed E-state index contributed by atoms with van der Waals surface area (Å²) in [6.07, 6.45) is 5.19. The van der Waals surface area contributed by atoms with Crippen LogP contribution >= 0.6 is 0 Å². The Bertz CT molecular complexity index is 794. The van der Waals surface area contributed by atoms with Gasteiger partial charge in [-0.05, 0) is 55.0 Å². The molecule has 0 radical (unpaired) electrons. The number of carbonyl (C=O) groups is 1. The highest BCUT2D eigenvalue weighted by Gasteiger charge is 2.19. The van der Waals surface area contributed by atoms with E-state index in [0.29, 0.717) is 12.5 Å². The van der Waals surface area contributed by atoms with E-state index in [4.69, 9.17) is 4.74 Å². The number of benzene rings is 2. The second-order valence-corrected chi connectivity index (χ2v) is 7.00. The average Bonchev–Trinajstić information content (AvgIpc) is 3.16. The SMILES string of the molecule is Cc1cc(C2CCCC2)ccc1C(=O)Nc1ccc2c(c1)OCCN2. The monoisotopic (exact) mass is 336 g/mol. The molecule has 0 saturated heterocycles. The van der Waals surface area contributed by atoms with Crippen LogP contribution in [0.25, 0.3) is 0 Å². The molecule has 0 atom stereocenters. The Morgan fingerprint density at radius 3 is 2.80 bits per heavy atom. The molecule has 4 nitrogen and oxygen atoms in total. The standard InChI is InChI=1S/C21H24N2O2/c1-14-12-16(15-4-2-3-5-15)6-8-18(14)21(24)23-17-7-9-19-20(13-17)25-11-10-22-19/h6-9,12-13,15,22H,2-5,10-11H2,1H3,(H,23,24). The van der Waals surface area contributed by atoms with Gasteiger partial charge >= 0.3 is 0 Å². The first-order valence-corrected chi connectivity index (χ1v) is 9.13. The quantitative estimate of drug-likeness (QED) is 0.853. The van der Waals surface area contributed by atoms with Gasteiger partial charge in [0.05, 0.1) is 5.69 Å². The van der Waals surface area contributed by atoms with Crippen LogP contribution in [0.4, 0.5) is 11.4 Å². The van der Waals surface area contributed by atoms with E-state index in [1.807, 2.05) is 31.2 Å². The van der Waals surface area contributed by atoms with Gasteiger partial charge in [-0.25, -0.2) is 0 Å². The van der Waals surface area contributed by atoms with Crippen molar-refractivity contribution in [1.82, 2.24) is 0 Å². The third kappa shape index (κ3) is 3.34. The molecule has 25 heavy (non-hydrogen) atoms. The van der Waals surface area contributed by atoms with Crippen LogP contribution in [-0.4, -0.2) is 19.1 Å². The third-order valence-electron chi connectivity index (χ3n) is 5.24. The third-order valence-corrected chi connectivity index (χ3v) is 5.24. The first kappa shape index (κ1) is 16.0. The van der Waals surface area contributed by atoms with Crippen LogP contribution in [0.2, 0.25) is 0 Å². The number of hydrogen-bond acceptors (Lipinski definition) is 3. The van der Waals surface area contributed by atoms with Crippen LogP contribution in [-0.2, 0) is 0 Å². The number of rotatable bonds is 3. The van der Waals surface area contributed by atoms with Gasteiger partial charge in [-0.3, -0.25) is 4.79 Å². The number of fused-ring (bicyclic) bond motifs is 1. The van der Waals surface area contributed by atoms with Crippen molar-refractivity contribution in [3.63, 3.8) is 0 Å². The Labute approximate surface area is 148 Å². The van der Waals surface area contributed by atoms with Gasteiger partial charge in [-0.15, -0.1) is 0 Å². The second kappa shape index (κ2) is 6.79. The lowest BCUT2D eigenvalue weighted by molar-refractivity contribution is 0.102. The number of carbonyl (C=O) groups excluding carboxylic acids is 1. The maximum Gasteiger partial charge on any atom is 0.255 e. The topological polar surface area (TPSA) is 50.4 Å². The molecule has 1 amide bonds. The van der Waals surface area contributed by atoms with E-state index in [1.165, 1.54) is 31.2 Å². The number of nitrogens with one attached hydrogen (secondary N) is 2. The molecule has 2 aliphatic rings. The fraction of sp³-hybridized carbons (Fsp3) is 0.381. The lowest BCUT2D eigenvalue weighted by Gasteiger charge is -2.20. The van der Waals surface area contributed by atoms with Gasteiger partial charge in [0.15, 0.2) is 0 Å². The van der Waals surface area contributed by atoms with Crippen LogP contribution in [0.15, 0.2) is 36.4 Å². The summed E-state index contributed by atoms with van der Waals surface area (Å²) in [4.78, 5) is 12.7. The highest BCUT2D eigenvalue weighted by molar-refractivity contribution is 6.05. The van der Waals surface area contributed by atoms with Crippen molar-refractivity contribution in [2.75, 3.05) is 23.8 Å². The smallest absolute Gasteiger partial charge is 0.255 e. The number of anilines is 2. The van der Waals surface area contributed by atoms with Crippen molar-refractivity contribution in [2.45, 2.75) is 38.5 Å². The van der Waals surface area contributed by atoms with Gasteiger partial charge in [0.1, 0.15) is 12.4 Å². The minimum absolute atomic E-state index is 0.0702. The minimum atomic E-state index is -0.0702. The average molecular weight is 336 g/mol. The van der Waals surface area contributed by atoms with Gasteiger partial charge in [-0.1, -0.05) is 25.0 Å². The van der Waals surface area contributed by atoms with Gasteiger partial charge in [0.25, 0.3) is 5.91 Å². The fourth-order valence-electron chi connectivity index (χ4n) is 3.87. The summed E-state index contributed by atoms with van der Waals surface area (Å²) < 4.78 is 5.63. The van der Waals surface area contributed by atoms with E-state index < -0.39 is 0 Å². The molecular formula is C21H24N2O2. The molecule has 130 valence electrons. The molecule has 2 aromatic rings.